The summed E-state index contributed by atoms with van der Waals surface area (Å²) in [6, 6.07) is 14.3. The molecule has 2 aromatic carbocycles. The predicted octanol–water partition coefficient (Wildman–Crippen LogP) is 4.38. The van der Waals surface area contributed by atoms with Gasteiger partial charge in [-0.1, -0.05) is 30.3 Å². The third-order valence-corrected chi connectivity index (χ3v) is 5.15. The Bertz CT molecular complexity index is 1060. The summed E-state index contributed by atoms with van der Waals surface area (Å²) in [6.45, 7) is 2.02. The lowest BCUT2D eigenvalue weighted by Crippen LogP contribution is -2.17. The van der Waals surface area contributed by atoms with Crippen molar-refractivity contribution in [3.63, 3.8) is 0 Å². The zero-order chi connectivity index (χ0) is 20.2. The summed E-state index contributed by atoms with van der Waals surface area (Å²) in [7, 11) is 0. The van der Waals surface area contributed by atoms with Crippen LogP contribution in [0.1, 0.15) is 51.7 Å². The topological polar surface area (TPSA) is 84.1 Å². The number of H-pyrrole nitrogens is 1. The van der Waals surface area contributed by atoms with Crippen LogP contribution in [0, 0.1) is 0 Å². The molecule has 0 spiro atoms. The van der Waals surface area contributed by atoms with Crippen molar-refractivity contribution < 1.29 is 14.3 Å². The molecule has 29 heavy (non-hydrogen) atoms. The quantitative estimate of drug-likeness (QED) is 0.634. The first-order chi connectivity index (χ1) is 14.2. The van der Waals surface area contributed by atoms with Crippen LogP contribution in [0.2, 0.25) is 0 Å². The molecular weight excluding hydrogens is 366 g/mol. The van der Waals surface area contributed by atoms with E-state index in [0.29, 0.717) is 16.8 Å². The van der Waals surface area contributed by atoms with E-state index in [4.69, 9.17) is 4.74 Å². The van der Waals surface area contributed by atoms with Crippen LogP contribution in [0.3, 0.4) is 0 Å². The molecular formula is C23H23N3O3. The number of aromatic nitrogens is 2. The van der Waals surface area contributed by atoms with E-state index in [1.807, 2.05) is 18.2 Å². The molecule has 2 N–H and O–H groups in total. The molecule has 6 heteroatoms. The summed E-state index contributed by atoms with van der Waals surface area (Å²) >= 11 is 0. The van der Waals surface area contributed by atoms with Gasteiger partial charge in [0.15, 0.2) is 0 Å². The van der Waals surface area contributed by atoms with Crippen molar-refractivity contribution in [1.29, 1.82) is 0 Å². The van der Waals surface area contributed by atoms with Gasteiger partial charge in [-0.25, -0.2) is 4.79 Å². The SMILES string of the molecule is CCOC(=O)c1ccccc1NC(=O)c1ccccc1-c1n[nH]c2c1CCCC2. The molecule has 1 aliphatic rings. The van der Waals surface area contributed by atoms with Crippen molar-refractivity contribution in [3.05, 3.63) is 70.9 Å². The summed E-state index contributed by atoms with van der Waals surface area (Å²) < 4.78 is 5.10. The number of rotatable bonds is 5. The van der Waals surface area contributed by atoms with Crippen LogP contribution in [0.5, 0.6) is 0 Å². The molecule has 0 unspecified atom stereocenters. The molecule has 148 valence electrons. The molecule has 0 saturated carbocycles. The first kappa shape index (κ1) is 18.9. The molecule has 6 nitrogen and oxygen atoms in total. The van der Waals surface area contributed by atoms with Crippen molar-refractivity contribution in [2.75, 3.05) is 11.9 Å². The molecule has 0 saturated heterocycles. The van der Waals surface area contributed by atoms with Gasteiger partial charge in [0.1, 0.15) is 0 Å². The van der Waals surface area contributed by atoms with E-state index in [1.165, 1.54) is 5.56 Å². The van der Waals surface area contributed by atoms with Crippen molar-refractivity contribution in [3.8, 4) is 11.3 Å². The van der Waals surface area contributed by atoms with Gasteiger partial charge < -0.3 is 10.1 Å². The van der Waals surface area contributed by atoms with E-state index < -0.39 is 5.97 Å². The maximum absolute atomic E-state index is 13.1. The number of hydrogen-bond acceptors (Lipinski definition) is 4. The maximum Gasteiger partial charge on any atom is 0.340 e. The third-order valence-electron chi connectivity index (χ3n) is 5.15. The van der Waals surface area contributed by atoms with Gasteiger partial charge in [0.2, 0.25) is 0 Å². The second-order valence-electron chi connectivity index (χ2n) is 7.00. The van der Waals surface area contributed by atoms with Gasteiger partial charge in [0, 0.05) is 22.4 Å². The van der Waals surface area contributed by atoms with Gasteiger partial charge in [0.05, 0.1) is 23.6 Å². The summed E-state index contributed by atoms with van der Waals surface area (Å²) in [5.74, 6) is -0.747. The first-order valence-corrected chi connectivity index (χ1v) is 9.92. The Balaban J connectivity index is 1.67. The number of nitrogens with one attached hydrogen (secondary N) is 2. The number of carbonyl (C=O) groups excluding carboxylic acids is 2. The fourth-order valence-corrected chi connectivity index (χ4v) is 3.76. The van der Waals surface area contributed by atoms with Crippen LogP contribution in [0.4, 0.5) is 5.69 Å². The van der Waals surface area contributed by atoms with Crippen LogP contribution in [0.25, 0.3) is 11.3 Å². The molecule has 1 aliphatic carbocycles. The van der Waals surface area contributed by atoms with Crippen LogP contribution in [0.15, 0.2) is 48.5 Å². The number of carbonyl (C=O) groups is 2. The monoisotopic (exact) mass is 389 g/mol. The first-order valence-electron chi connectivity index (χ1n) is 9.92. The number of nitrogens with zero attached hydrogens (tertiary/aromatic N) is 1. The van der Waals surface area contributed by atoms with Gasteiger partial charge in [-0.2, -0.15) is 5.10 Å². The number of esters is 1. The van der Waals surface area contributed by atoms with E-state index in [0.717, 1.165) is 42.6 Å². The molecule has 1 aromatic heterocycles. The number of aromatic amines is 1. The number of hydrogen-bond donors (Lipinski definition) is 2. The Kier molecular flexibility index (Phi) is 5.42. The summed E-state index contributed by atoms with van der Waals surface area (Å²) in [4.78, 5) is 25.3. The van der Waals surface area contributed by atoms with E-state index >= 15 is 0 Å². The number of amides is 1. The standard InChI is InChI=1S/C23H23N3O3/c1-2-29-23(28)18-12-6-7-13-19(18)24-22(27)16-10-4-3-9-15(16)21-17-11-5-8-14-20(17)25-26-21/h3-4,6-7,9-10,12-13H,2,5,8,11,14H2,1H3,(H,24,27)(H,25,26). The highest BCUT2D eigenvalue weighted by molar-refractivity contribution is 6.11. The van der Waals surface area contributed by atoms with Gasteiger partial charge in [0.25, 0.3) is 5.91 Å². The Hall–Kier alpha value is -3.41. The Morgan fingerprint density at radius 1 is 1.03 bits per heavy atom. The predicted molar refractivity (Wildman–Crippen MR) is 111 cm³/mol. The Morgan fingerprint density at radius 3 is 2.59 bits per heavy atom. The highest BCUT2D eigenvalue weighted by Crippen LogP contribution is 2.32. The summed E-state index contributed by atoms with van der Waals surface area (Å²) in [5, 5.41) is 10.5. The van der Waals surface area contributed by atoms with Gasteiger partial charge in [-0.15, -0.1) is 0 Å². The minimum absolute atomic E-state index is 0.272. The number of para-hydroxylation sites is 1. The average Bonchev–Trinajstić information content (AvgIpc) is 3.18. The van der Waals surface area contributed by atoms with E-state index in [-0.39, 0.29) is 12.5 Å². The van der Waals surface area contributed by atoms with Crippen molar-refractivity contribution in [1.82, 2.24) is 10.2 Å². The highest BCUT2D eigenvalue weighted by atomic mass is 16.5. The fraction of sp³-hybridized carbons (Fsp3) is 0.261. The average molecular weight is 389 g/mol. The largest absolute Gasteiger partial charge is 0.462 e. The second kappa shape index (κ2) is 8.31. The molecule has 0 aliphatic heterocycles. The maximum atomic E-state index is 13.1. The van der Waals surface area contributed by atoms with E-state index in [2.05, 4.69) is 15.5 Å². The van der Waals surface area contributed by atoms with E-state index in [9.17, 15) is 9.59 Å². The van der Waals surface area contributed by atoms with Crippen LogP contribution < -0.4 is 5.32 Å². The Labute approximate surface area is 169 Å². The highest BCUT2D eigenvalue weighted by Gasteiger charge is 2.22. The minimum Gasteiger partial charge on any atom is -0.462 e. The lowest BCUT2D eigenvalue weighted by molar-refractivity contribution is 0.0527. The van der Waals surface area contributed by atoms with Gasteiger partial charge >= 0.3 is 5.97 Å². The van der Waals surface area contributed by atoms with Crippen molar-refractivity contribution in [2.45, 2.75) is 32.6 Å². The summed E-state index contributed by atoms with van der Waals surface area (Å²) in [6.07, 6.45) is 4.23. The third kappa shape index (κ3) is 3.78. The number of ether oxygens (including phenoxy) is 1. The van der Waals surface area contributed by atoms with Crippen LogP contribution in [-0.4, -0.2) is 28.7 Å². The molecule has 0 atom stereocenters. The van der Waals surface area contributed by atoms with Crippen LogP contribution in [-0.2, 0) is 17.6 Å². The van der Waals surface area contributed by atoms with Gasteiger partial charge in [-0.05, 0) is 50.8 Å². The molecule has 1 amide bonds. The molecule has 0 fully saturated rings. The molecule has 4 rings (SSSR count). The normalized spacial score (nSPS) is 12.9. The van der Waals surface area contributed by atoms with Crippen LogP contribution >= 0.6 is 0 Å². The lowest BCUT2D eigenvalue weighted by Gasteiger charge is -2.14. The number of aryl methyl sites for hydroxylation is 1. The van der Waals surface area contributed by atoms with Crippen molar-refractivity contribution >= 4 is 17.6 Å². The number of fused-ring (bicyclic) bond motifs is 1. The van der Waals surface area contributed by atoms with Crippen molar-refractivity contribution in [2.24, 2.45) is 0 Å². The molecule has 1 heterocycles. The lowest BCUT2D eigenvalue weighted by atomic mass is 9.92. The summed E-state index contributed by atoms with van der Waals surface area (Å²) in [5.41, 5.74) is 5.26. The minimum atomic E-state index is -0.460. The van der Waals surface area contributed by atoms with Gasteiger partial charge in [-0.3, -0.25) is 9.89 Å². The zero-order valence-electron chi connectivity index (χ0n) is 16.3. The smallest absolute Gasteiger partial charge is 0.340 e. The zero-order valence-corrected chi connectivity index (χ0v) is 16.3. The fourth-order valence-electron chi connectivity index (χ4n) is 3.76. The molecule has 3 aromatic rings. The Morgan fingerprint density at radius 2 is 1.76 bits per heavy atom. The molecule has 0 bridgehead atoms. The van der Waals surface area contributed by atoms with E-state index in [1.54, 1.807) is 37.3 Å². The molecule has 0 radical (unpaired) electrons. The number of anilines is 1. The number of benzene rings is 2. The second-order valence-corrected chi connectivity index (χ2v) is 7.00.